The van der Waals surface area contributed by atoms with Crippen molar-refractivity contribution in [1.82, 2.24) is 4.90 Å². The van der Waals surface area contributed by atoms with Crippen LogP contribution in [0.15, 0.2) is 42.5 Å². The first-order valence-electron chi connectivity index (χ1n) is 9.66. The Kier molecular flexibility index (Phi) is 5.95. The van der Waals surface area contributed by atoms with E-state index in [4.69, 9.17) is 4.74 Å². The number of likely N-dealkylation sites (tertiary alicyclic amines) is 1. The first kappa shape index (κ1) is 18.2. The van der Waals surface area contributed by atoms with Crippen LogP contribution < -0.4 is 0 Å². The van der Waals surface area contributed by atoms with Crippen molar-refractivity contribution in [3.63, 3.8) is 0 Å². The normalized spacial score (nSPS) is 24.2. The maximum Gasteiger partial charge on any atom is 0.314 e. The maximum absolute atomic E-state index is 12.9. The van der Waals surface area contributed by atoms with E-state index in [1.165, 1.54) is 6.42 Å². The lowest BCUT2D eigenvalue weighted by Crippen LogP contribution is -2.30. The van der Waals surface area contributed by atoms with E-state index < -0.39 is 0 Å². The molecule has 3 heteroatoms. The first-order chi connectivity index (χ1) is 12.1. The van der Waals surface area contributed by atoms with Crippen LogP contribution in [-0.4, -0.2) is 37.1 Å². The molecular weight excluding hydrogens is 310 g/mol. The second-order valence-electron chi connectivity index (χ2n) is 8.27. The molecule has 0 spiro atoms. The number of hydrogen-bond acceptors (Lipinski definition) is 3. The van der Waals surface area contributed by atoms with Crippen molar-refractivity contribution < 1.29 is 9.53 Å². The molecule has 1 aliphatic heterocycles. The summed E-state index contributed by atoms with van der Waals surface area (Å²) in [6.07, 6.45) is 8.99. The number of hydrogen-bond donors (Lipinski definition) is 0. The molecule has 1 fully saturated rings. The second kappa shape index (κ2) is 8.18. The van der Waals surface area contributed by atoms with Gasteiger partial charge in [0, 0.05) is 13.1 Å². The standard InChI is InChI=1S/C22H31NO2/c1-22(2)13-14-23(17-22)15-16-25-21(24)20(18-9-5-3-6-10-18)19-11-7-4-8-12-19/h3,5-7,9-11,19-20H,4,8,12-17H2,1-2H3/t19-,20-/m0/s1. The van der Waals surface area contributed by atoms with Crippen LogP contribution in [0.25, 0.3) is 0 Å². The zero-order valence-electron chi connectivity index (χ0n) is 15.6. The lowest BCUT2D eigenvalue weighted by atomic mass is 9.80. The zero-order chi connectivity index (χ0) is 17.7. The molecule has 3 rings (SSSR count). The molecule has 2 atom stereocenters. The van der Waals surface area contributed by atoms with E-state index in [0.29, 0.717) is 12.0 Å². The third-order valence-corrected chi connectivity index (χ3v) is 5.54. The first-order valence-corrected chi connectivity index (χ1v) is 9.66. The van der Waals surface area contributed by atoms with Crippen molar-refractivity contribution in [3.8, 4) is 0 Å². The number of carbonyl (C=O) groups is 1. The van der Waals surface area contributed by atoms with Crippen LogP contribution in [0.5, 0.6) is 0 Å². The fourth-order valence-electron chi connectivity index (χ4n) is 4.12. The van der Waals surface area contributed by atoms with E-state index in [9.17, 15) is 4.79 Å². The molecule has 0 bridgehead atoms. The van der Waals surface area contributed by atoms with Gasteiger partial charge in [-0.25, -0.2) is 0 Å². The zero-order valence-corrected chi connectivity index (χ0v) is 15.6. The van der Waals surface area contributed by atoms with Crippen LogP contribution in [0.4, 0.5) is 0 Å². The summed E-state index contributed by atoms with van der Waals surface area (Å²) in [6, 6.07) is 10.1. The van der Waals surface area contributed by atoms with Crippen LogP contribution in [0.3, 0.4) is 0 Å². The molecule has 1 aliphatic carbocycles. The van der Waals surface area contributed by atoms with Gasteiger partial charge in [0.15, 0.2) is 0 Å². The van der Waals surface area contributed by atoms with Gasteiger partial charge < -0.3 is 4.74 Å². The van der Waals surface area contributed by atoms with Crippen LogP contribution in [0, 0.1) is 11.3 Å². The molecule has 136 valence electrons. The van der Waals surface area contributed by atoms with Gasteiger partial charge in [-0.1, -0.05) is 56.3 Å². The Morgan fingerprint density at radius 2 is 2.12 bits per heavy atom. The van der Waals surface area contributed by atoms with E-state index in [0.717, 1.165) is 44.5 Å². The Morgan fingerprint density at radius 1 is 1.32 bits per heavy atom. The monoisotopic (exact) mass is 341 g/mol. The Bertz CT molecular complexity index is 593. The molecule has 1 saturated heterocycles. The van der Waals surface area contributed by atoms with Gasteiger partial charge in [-0.15, -0.1) is 0 Å². The molecule has 0 radical (unpaired) electrons. The Hall–Kier alpha value is -1.61. The predicted octanol–water partition coefficient (Wildman–Crippen LogP) is 4.40. The summed E-state index contributed by atoms with van der Waals surface area (Å²) < 4.78 is 5.73. The summed E-state index contributed by atoms with van der Waals surface area (Å²) in [5.41, 5.74) is 1.47. The highest BCUT2D eigenvalue weighted by Crippen LogP contribution is 2.33. The summed E-state index contributed by atoms with van der Waals surface area (Å²) in [5.74, 6) is 0.0170. The molecular formula is C22H31NO2. The lowest BCUT2D eigenvalue weighted by Gasteiger charge is -2.26. The fraction of sp³-hybridized carbons (Fsp3) is 0.591. The largest absolute Gasteiger partial charge is 0.464 e. The molecule has 3 nitrogen and oxygen atoms in total. The smallest absolute Gasteiger partial charge is 0.314 e. The van der Waals surface area contributed by atoms with Crippen LogP contribution in [-0.2, 0) is 9.53 Å². The lowest BCUT2D eigenvalue weighted by molar-refractivity contribution is -0.147. The van der Waals surface area contributed by atoms with Gasteiger partial charge in [0.05, 0.1) is 5.92 Å². The third-order valence-electron chi connectivity index (χ3n) is 5.54. The van der Waals surface area contributed by atoms with Crippen molar-refractivity contribution in [1.29, 1.82) is 0 Å². The van der Waals surface area contributed by atoms with Crippen LogP contribution >= 0.6 is 0 Å². The van der Waals surface area contributed by atoms with Gasteiger partial charge in [0.25, 0.3) is 0 Å². The second-order valence-corrected chi connectivity index (χ2v) is 8.27. The molecule has 0 aromatic heterocycles. The van der Waals surface area contributed by atoms with E-state index in [-0.39, 0.29) is 17.8 Å². The number of benzene rings is 1. The summed E-state index contributed by atoms with van der Waals surface area (Å²) in [7, 11) is 0. The Labute approximate surface area is 152 Å². The summed E-state index contributed by atoms with van der Waals surface area (Å²) >= 11 is 0. The quantitative estimate of drug-likeness (QED) is 0.567. The van der Waals surface area contributed by atoms with Crippen LogP contribution in [0.1, 0.15) is 51.0 Å². The number of allylic oxidation sites excluding steroid dienone is 2. The molecule has 1 aromatic rings. The van der Waals surface area contributed by atoms with Gasteiger partial charge in [-0.05, 0) is 49.1 Å². The highest BCUT2D eigenvalue weighted by molar-refractivity contribution is 5.79. The minimum Gasteiger partial charge on any atom is -0.464 e. The van der Waals surface area contributed by atoms with Gasteiger partial charge in [-0.3, -0.25) is 9.69 Å². The number of esters is 1. The molecule has 25 heavy (non-hydrogen) atoms. The molecule has 2 aliphatic rings. The maximum atomic E-state index is 12.9. The van der Waals surface area contributed by atoms with Crippen molar-refractivity contribution in [2.24, 2.45) is 11.3 Å². The molecule has 1 aromatic carbocycles. The minimum atomic E-state index is -0.173. The van der Waals surface area contributed by atoms with Crippen LogP contribution in [0.2, 0.25) is 0 Å². The number of carbonyl (C=O) groups excluding carboxylic acids is 1. The summed E-state index contributed by atoms with van der Waals surface area (Å²) in [5, 5.41) is 0. The highest BCUT2D eigenvalue weighted by atomic mass is 16.5. The molecule has 0 saturated carbocycles. The molecule has 0 amide bonds. The van der Waals surface area contributed by atoms with E-state index in [1.54, 1.807) is 0 Å². The average molecular weight is 341 g/mol. The van der Waals surface area contributed by atoms with Gasteiger partial charge in [0.1, 0.15) is 6.61 Å². The average Bonchev–Trinajstić information content (AvgIpc) is 2.96. The molecule has 1 heterocycles. The van der Waals surface area contributed by atoms with Crippen molar-refractivity contribution in [2.75, 3.05) is 26.2 Å². The van der Waals surface area contributed by atoms with E-state index >= 15 is 0 Å². The van der Waals surface area contributed by atoms with Gasteiger partial charge >= 0.3 is 5.97 Å². The van der Waals surface area contributed by atoms with E-state index in [1.807, 2.05) is 18.2 Å². The summed E-state index contributed by atoms with van der Waals surface area (Å²) in [6.45, 7) is 8.15. The van der Waals surface area contributed by atoms with Crippen molar-refractivity contribution >= 4 is 5.97 Å². The summed E-state index contributed by atoms with van der Waals surface area (Å²) in [4.78, 5) is 15.3. The third kappa shape index (κ3) is 4.94. The van der Waals surface area contributed by atoms with Gasteiger partial charge in [0.2, 0.25) is 0 Å². The molecule has 0 unspecified atom stereocenters. The number of nitrogens with zero attached hydrogens (tertiary/aromatic N) is 1. The van der Waals surface area contributed by atoms with E-state index in [2.05, 4.69) is 43.0 Å². The fourth-order valence-corrected chi connectivity index (χ4v) is 4.12. The predicted molar refractivity (Wildman–Crippen MR) is 101 cm³/mol. The minimum absolute atomic E-state index is 0.0683. The number of ether oxygens (including phenoxy) is 1. The number of rotatable bonds is 6. The molecule has 0 N–H and O–H groups in total. The van der Waals surface area contributed by atoms with Gasteiger partial charge in [-0.2, -0.15) is 0 Å². The van der Waals surface area contributed by atoms with Crippen molar-refractivity contribution in [3.05, 3.63) is 48.0 Å². The van der Waals surface area contributed by atoms with Crippen molar-refractivity contribution in [2.45, 2.75) is 45.4 Å². The Morgan fingerprint density at radius 3 is 2.76 bits per heavy atom. The topological polar surface area (TPSA) is 29.5 Å². The highest BCUT2D eigenvalue weighted by Gasteiger charge is 2.31. The Balaban J connectivity index is 1.59. The SMILES string of the molecule is CC1(C)CCN(CCOC(=O)[C@@H](c2ccccc2)[C@H]2C=CCCC2)C1.